The molecule has 3 aromatic rings. The lowest BCUT2D eigenvalue weighted by molar-refractivity contribution is 0.112. The van der Waals surface area contributed by atoms with Crippen LogP contribution in [0, 0.1) is 13.8 Å². The molecule has 0 unspecified atom stereocenters. The molecule has 0 amide bonds. The maximum absolute atomic E-state index is 11.3. The number of aryl methyl sites for hydroxylation is 1. The van der Waals surface area contributed by atoms with Crippen LogP contribution in [0.1, 0.15) is 21.5 Å². The van der Waals surface area contributed by atoms with Crippen LogP contribution in [-0.2, 0) is 0 Å². The Labute approximate surface area is 122 Å². The minimum absolute atomic E-state index is 0.442. The van der Waals surface area contributed by atoms with E-state index in [4.69, 9.17) is 0 Å². The average Bonchev–Trinajstić information content (AvgIpc) is 2.95. The summed E-state index contributed by atoms with van der Waals surface area (Å²) in [6.07, 6.45) is 5.74. The molecule has 3 rings (SSSR count). The predicted molar refractivity (Wildman–Crippen MR) is 79.5 cm³/mol. The molecule has 0 aliphatic rings. The van der Waals surface area contributed by atoms with Gasteiger partial charge in [-0.3, -0.25) is 4.79 Å². The molecule has 0 bridgehead atoms. The zero-order valence-corrected chi connectivity index (χ0v) is 11.8. The maximum Gasteiger partial charge on any atom is 0.250 e. The Kier molecular flexibility index (Phi) is 3.31. The van der Waals surface area contributed by atoms with Gasteiger partial charge in [0.1, 0.15) is 5.69 Å². The third kappa shape index (κ3) is 2.33. The van der Waals surface area contributed by atoms with Crippen molar-refractivity contribution in [3.63, 3.8) is 0 Å². The van der Waals surface area contributed by atoms with Crippen LogP contribution >= 0.6 is 0 Å². The summed E-state index contributed by atoms with van der Waals surface area (Å²) < 4.78 is 1.53. The molecule has 5 nitrogen and oxygen atoms in total. The fourth-order valence-electron chi connectivity index (χ4n) is 2.20. The van der Waals surface area contributed by atoms with Crippen LogP contribution in [-0.4, -0.2) is 26.0 Å². The summed E-state index contributed by atoms with van der Waals surface area (Å²) in [4.78, 5) is 19.6. The van der Waals surface area contributed by atoms with Gasteiger partial charge in [-0.1, -0.05) is 18.2 Å². The second-order valence-corrected chi connectivity index (χ2v) is 4.79. The van der Waals surface area contributed by atoms with Gasteiger partial charge < -0.3 is 0 Å². The van der Waals surface area contributed by atoms with Crippen molar-refractivity contribution in [2.24, 2.45) is 0 Å². The van der Waals surface area contributed by atoms with Crippen molar-refractivity contribution in [3.05, 3.63) is 59.5 Å². The summed E-state index contributed by atoms with van der Waals surface area (Å²) in [5.41, 5.74) is 4.40. The van der Waals surface area contributed by atoms with Gasteiger partial charge in [0.25, 0.3) is 0 Å². The fraction of sp³-hybridized carbons (Fsp3) is 0.125. The fourth-order valence-corrected chi connectivity index (χ4v) is 2.20. The highest BCUT2D eigenvalue weighted by Gasteiger charge is 2.15. The third-order valence-corrected chi connectivity index (χ3v) is 3.49. The van der Waals surface area contributed by atoms with Crippen molar-refractivity contribution in [2.75, 3.05) is 0 Å². The number of hydrogen-bond acceptors (Lipinski definition) is 4. The highest BCUT2D eigenvalue weighted by atomic mass is 16.1. The zero-order chi connectivity index (χ0) is 14.8. The Morgan fingerprint density at radius 3 is 2.57 bits per heavy atom. The summed E-state index contributed by atoms with van der Waals surface area (Å²) in [5, 5.41) is 4.48. The normalized spacial score (nSPS) is 10.6. The lowest BCUT2D eigenvalue weighted by atomic mass is 9.99. The van der Waals surface area contributed by atoms with Crippen LogP contribution in [0.2, 0.25) is 0 Å². The van der Waals surface area contributed by atoms with E-state index in [1.807, 2.05) is 32.0 Å². The summed E-state index contributed by atoms with van der Waals surface area (Å²) >= 11 is 0. The molecule has 1 aromatic carbocycles. The molecule has 0 saturated heterocycles. The van der Waals surface area contributed by atoms with Gasteiger partial charge in [-0.15, -0.1) is 0 Å². The highest BCUT2D eigenvalue weighted by Crippen LogP contribution is 2.26. The SMILES string of the molecule is Cc1cccc(-c2nn(-c3ncccn3)cc2C=O)c1C. The Morgan fingerprint density at radius 1 is 1.10 bits per heavy atom. The number of aldehydes is 1. The summed E-state index contributed by atoms with van der Waals surface area (Å²) in [7, 11) is 0. The van der Waals surface area contributed by atoms with Gasteiger partial charge in [-0.2, -0.15) is 5.10 Å². The molecule has 0 spiro atoms. The van der Waals surface area contributed by atoms with Gasteiger partial charge in [0, 0.05) is 24.2 Å². The first-order valence-electron chi connectivity index (χ1n) is 6.59. The van der Waals surface area contributed by atoms with Gasteiger partial charge in [0.05, 0.1) is 5.56 Å². The molecule has 5 heteroatoms. The van der Waals surface area contributed by atoms with Crippen LogP contribution in [0.4, 0.5) is 0 Å². The van der Waals surface area contributed by atoms with Crippen molar-refractivity contribution in [2.45, 2.75) is 13.8 Å². The highest BCUT2D eigenvalue weighted by molar-refractivity contribution is 5.86. The van der Waals surface area contributed by atoms with E-state index in [0.717, 1.165) is 23.0 Å². The maximum atomic E-state index is 11.3. The van der Waals surface area contributed by atoms with E-state index >= 15 is 0 Å². The quantitative estimate of drug-likeness (QED) is 0.691. The number of carbonyl (C=O) groups is 1. The molecule has 0 saturated carbocycles. The second kappa shape index (κ2) is 5.28. The van der Waals surface area contributed by atoms with Crippen LogP contribution in [0.15, 0.2) is 42.9 Å². The second-order valence-electron chi connectivity index (χ2n) is 4.79. The van der Waals surface area contributed by atoms with E-state index in [1.165, 1.54) is 4.68 Å². The Bertz CT molecular complexity index is 793. The van der Waals surface area contributed by atoms with Crippen LogP contribution in [0.5, 0.6) is 0 Å². The molecular formula is C16H14N4O. The number of nitrogens with zero attached hydrogens (tertiary/aromatic N) is 4. The third-order valence-electron chi connectivity index (χ3n) is 3.49. The molecule has 0 N–H and O–H groups in total. The first-order valence-corrected chi connectivity index (χ1v) is 6.59. The van der Waals surface area contributed by atoms with Gasteiger partial charge in [-0.25, -0.2) is 14.6 Å². The molecular weight excluding hydrogens is 264 g/mol. The van der Waals surface area contributed by atoms with Crippen molar-refractivity contribution in [1.29, 1.82) is 0 Å². The molecule has 2 heterocycles. The monoisotopic (exact) mass is 278 g/mol. The van der Waals surface area contributed by atoms with E-state index < -0.39 is 0 Å². The molecule has 0 aliphatic carbocycles. The lowest BCUT2D eigenvalue weighted by Gasteiger charge is -2.06. The molecule has 0 fully saturated rings. The topological polar surface area (TPSA) is 60.7 Å². The Balaban J connectivity index is 2.17. The molecule has 0 aliphatic heterocycles. The van der Waals surface area contributed by atoms with Gasteiger partial charge in [0.15, 0.2) is 6.29 Å². The van der Waals surface area contributed by atoms with Crippen LogP contribution in [0.3, 0.4) is 0 Å². The van der Waals surface area contributed by atoms with E-state index in [-0.39, 0.29) is 0 Å². The summed E-state index contributed by atoms with van der Waals surface area (Å²) in [6, 6.07) is 7.70. The van der Waals surface area contributed by atoms with Gasteiger partial charge in [-0.05, 0) is 31.0 Å². The molecule has 0 radical (unpaired) electrons. The zero-order valence-electron chi connectivity index (χ0n) is 11.8. The number of aromatic nitrogens is 4. The average molecular weight is 278 g/mol. The van der Waals surface area contributed by atoms with Crippen LogP contribution in [0.25, 0.3) is 17.2 Å². The smallest absolute Gasteiger partial charge is 0.250 e. The minimum Gasteiger partial charge on any atom is -0.298 e. The van der Waals surface area contributed by atoms with Crippen molar-refractivity contribution in [3.8, 4) is 17.2 Å². The first kappa shape index (κ1) is 13.2. The largest absolute Gasteiger partial charge is 0.298 e. The molecule has 0 atom stereocenters. The standard InChI is InChI=1S/C16H14N4O/c1-11-5-3-6-14(12(11)2)15-13(10-21)9-20(19-15)16-17-7-4-8-18-16/h3-10H,1-2H3. The number of hydrogen-bond donors (Lipinski definition) is 0. The predicted octanol–water partition coefficient (Wildman–Crippen LogP) is 2.76. The first-order chi connectivity index (χ1) is 10.2. The summed E-state index contributed by atoms with van der Waals surface area (Å²) in [6.45, 7) is 4.06. The summed E-state index contributed by atoms with van der Waals surface area (Å²) in [5.74, 6) is 0.442. The van der Waals surface area contributed by atoms with Crippen molar-refractivity contribution < 1.29 is 4.79 Å². The number of carbonyl (C=O) groups excluding carboxylic acids is 1. The van der Waals surface area contributed by atoms with Gasteiger partial charge in [0.2, 0.25) is 5.95 Å². The van der Waals surface area contributed by atoms with E-state index in [0.29, 0.717) is 17.2 Å². The molecule has 2 aromatic heterocycles. The van der Waals surface area contributed by atoms with Crippen LogP contribution < -0.4 is 0 Å². The van der Waals surface area contributed by atoms with Crippen molar-refractivity contribution >= 4 is 6.29 Å². The van der Waals surface area contributed by atoms with E-state index in [9.17, 15) is 4.79 Å². The molecule has 104 valence electrons. The van der Waals surface area contributed by atoms with Crippen molar-refractivity contribution in [1.82, 2.24) is 19.7 Å². The Hall–Kier alpha value is -2.82. The van der Waals surface area contributed by atoms with E-state index in [1.54, 1.807) is 24.7 Å². The Morgan fingerprint density at radius 2 is 1.86 bits per heavy atom. The number of benzene rings is 1. The van der Waals surface area contributed by atoms with E-state index in [2.05, 4.69) is 15.1 Å². The lowest BCUT2D eigenvalue weighted by Crippen LogP contribution is -2.00. The molecule has 21 heavy (non-hydrogen) atoms. The van der Waals surface area contributed by atoms with Gasteiger partial charge >= 0.3 is 0 Å². The minimum atomic E-state index is 0.442. The number of rotatable bonds is 3.